The van der Waals surface area contributed by atoms with Crippen molar-refractivity contribution in [2.45, 2.75) is 25.4 Å². The first-order valence-corrected chi connectivity index (χ1v) is 7.06. The molecule has 0 aromatic carbocycles. The van der Waals surface area contributed by atoms with E-state index in [0.717, 1.165) is 19.4 Å². The van der Waals surface area contributed by atoms with E-state index in [1.807, 2.05) is 0 Å². The van der Waals surface area contributed by atoms with Crippen LogP contribution < -0.4 is 0 Å². The van der Waals surface area contributed by atoms with E-state index >= 15 is 0 Å². The quantitative estimate of drug-likeness (QED) is 0.719. The molecule has 1 saturated heterocycles. The number of carbonyl (C=O) groups is 2. The number of methoxy groups -OCH3 is 1. The van der Waals surface area contributed by atoms with Crippen LogP contribution in [0.5, 0.6) is 0 Å². The number of aromatic nitrogens is 2. The molecule has 0 radical (unpaired) electrons. The minimum Gasteiger partial charge on any atom is -0.469 e. The maximum Gasteiger partial charge on any atom is 0.307 e. The van der Waals surface area contributed by atoms with Crippen LogP contribution in [0.4, 0.5) is 0 Å². The number of carbonyl (C=O) groups excluding carboxylic acids is 2. The van der Waals surface area contributed by atoms with Crippen LogP contribution in [0.2, 0.25) is 0 Å². The third kappa shape index (κ3) is 4.29. The molecule has 1 unspecified atom stereocenters. The Kier molecular flexibility index (Phi) is 5.32. The van der Waals surface area contributed by atoms with E-state index in [4.69, 9.17) is 4.74 Å². The van der Waals surface area contributed by atoms with Gasteiger partial charge in [-0.2, -0.15) is 5.10 Å². The van der Waals surface area contributed by atoms with Crippen LogP contribution in [0.25, 0.3) is 0 Å². The topological polar surface area (TPSA) is 73.7 Å². The van der Waals surface area contributed by atoms with Gasteiger partial charge in [-0.15, -0.1) is 0 Å². The van der Waals surface area contributed by atoms with E-state index in [0.29, 0.717) is 18.7 Å². The van der Waals surface area contributed by atoms with Gasteiger partial charge in [0.1, 0.15) is 0 Å². The predicted molar refractivity (Wildman–Crippen MR) is 74.7 cm³/mol. The van der Waals surface area contributed by atoms with Crippen LogP contribution >= 0.6 is 0 Å². The molecular weight excluding hydrogens is 274 g/mol. The van der Waals surface area contributed by atoms with Gasteiger partial charge in [-0.25, -0.2) is 0 Å². The standard InChI is InChI=1S/C14H21N3O4/c1-16-9-11(8-15-16)14(19)17(6-5-13(18)20-2)10-12-4-3-7-21-12/h8-9,12H,3-7,10H2,1-2H3. The Morgan fingerprint density at radius 2 is 2.38 bits per heavy atom. The third-order valence-electron chi connectivity index (χ3n) is 3.50. The molecule has 7 nitrogen and oxygen atoms in total. The molecule has 0 aliphatic carbocycles. The van der Waals surface area contributed by atoms with Crippen molar-refractivity contribution in [3.63, 3.8) is 0 Å². The van der Waals surface area contributed by atoms with Gasteiger partial charge in [-0.05, 0) is 12.8 Å². The van der Waals surface area contributed by atoms with E-state index in [1.54, 1.807) is 22.8 Å². The van der Waals surface area contributed by atoms with Crippen LogP contribution in [0.3, 0.4) is 0 Å². The van der Waals surface area contributed by atoms with Crippen LogP contribution in [0, 0.1) is 0 Å². The van der Waals surface area contributed by atoms with Crippen LogP contribution in [-0.4, -0.2) is 59.5 Å². The number of amides is 1. The summed E-state index contributed by atoms with van der Waals surface area (Å²) in [5.74, 6) is -0.464. The van der Waals surface area contributed by atoms with Crippen molar-refractivity contribution in [1.29, 1.82) is 0 Å². The summed E-state index contributed by atoms with van der Waals surface area (Å²) < 4.78 is 11.8. The lowest BCUT2D eigenvalue weighted by Crippen LogP contribution is -2.38. The van der Waals surface area contributed by atoms with Crippen molar-refractivity contribution < 1.29 is 19.1 Å². The fourth-order valence-electron chi connectivity index (χ4n) is 2.35. The van der Waals surface area contributed by atoms with E-state index < -0.39 is 0 Å². The molecule has 1 aromatic rings. The zero-order chi connectivity index (χ0) is 15.2. The van der Waals surface area contributed by atoms with Crippen LogP contribution in [0.15, 0.2) is 12.4 Å². The number of ether oxygens (including phenoxy) is 2. The molecule has 1 amide bonds. The Morgan fingerprint density at radius 3 is 2.95 bits per heavy atom. The van der Waals surface area contributed by atoms with Crippen molar-refractivity contribution in [3.8, 4) is 0 Å². The highest BCUT2D eigenvalue weighted by atomic mass is 16.5. The highest BCUT2D eigenvalue weighted by Crippen LogP contribution is 2.15. The largest absolute Gasteiger partial charge is 0.469 e. The number of nitrogens with zero attached hydrogens (tertiary/aromatic N) is 3. The fraction of sp³-hybridized carbons (Fsp3) is 0.643. The minimum absolute atomic E-state index is 0.0447. The second-order valence-electron chi connectivity index (χ2n) is 5.12. The van der Waals surface area contributed by atoms with Gasteiger partial charge in [0.15, 0.2) is 0 Å². The molecule has 1 aromatic heterocycles. The Morgan fingerprint density at radius 1 is 1.57 bits per heavy atom. The van der Waals surface area contributed by atoms with E-state index in [1.165, 1.54) is 13.3 Å². The first-order chi connectivity index (χ1) is 10.1. The van der Waals surface area contributed by atoms with Crippen molar-refractivity contribution in [1.82, 2.24) is 14.7 Å². The number of hydrogen-bond donors (Lipinski definition) is 0. The summed E-state index contributed by atoms with van der Waals surface area (Å²) >= 11 is 0. The molecule has 1 fully saturated rings. The average molecular weight is 295 g/mol. The van der Waals surface area contributed by atoms with Gasteiger partial charge in [0, 0.05) is 32.9 Å². The second-order valence-corrected chi connectivity index (χ2v) is 5.12. The van der Waals surface area contributed by atoms with E-state index in [2.05, 4.69) is 9.84 Å². The maximum absolute atomic E-state index is 12.5. The summed E-state index contributed by atoms with van der Waals surface area (Å²) in [6.45, 7) is 1.54. The highest BCUT2D eigenvalue weighted by Gasteiger charge is 2.24. The zero-order valence-electron chi connectivity index (χ0n) is 12.4. The molecule has 21 heavy (non-hydrogen) atoms. The number of esters is 1. The monoisotopic (exact) mass is 295 g/mol. The van der Waals surface area contributed by atoms with Gasteiger partial charge in [0.05, 0.1) is 31.4 Å². The predicted octanol–water partition coefficient (Wildman–Crippen LogP) is 0.604. The normalized spacial score (nSPS) is 17.7. The molecule has 7 heteroatoms. The lowest BCUT2D eigenvalue weighted by atomic mass is 10.2. The SMILES string of the molecule is COC(=O)CCN(CC1CCCO1)C(=O)c1cnn(C)c1. The van der Waals surface area contributed by atoms with Gasteiger partial charge in [-0.3, -0.25) is 14.3 Å². The smallest absolute Gasteiger partial charge is 0.307 e. The Bertz CT molecular complexity index is 494. The molecule has 0 saturated carbocycles. The van der Waals surface area contributed by atoms with Gasteiger partial charge >= 0.3 is 5.97 Å². The van der Waals surface area contributed by atoms with Crippen LogP contribution in [-0.2, 0) is 21.3 Å². The Labute approximate surface area is 123 Å². The first-order valence-electron chi connectivity index (χ1n) is 7.06. The lowest BCUT2D eigenvalue weighted by Gasteiger charge is -2.24. The first kappa shape index (κ1) is 15.5. The van der Waals surface area contributed by atoms with Crippen molar-refractivity contribution in [2.75, 3.05) is 26.8 Å². The lowest BCUT2D eigenvalue weighted by molar-refractivity contribution is -0.140. The summed E-state index contributed by atoms with van der Waals surface area (Å²) in [4.78, 5) is 25.5. The van der Waals surface area contributed by atoms with Crippen molar-refractivity contribution in [3.05, 3.63) is 18.0 Å². The molecule has 2 heterocycles. The molecule has 0 bridgehead atoms. The molecule has 0 N–H and O–H groups in total. The molecule has 2 rings (SSSR count). The molecule has 1 atom stereocenters. The molecule has 1 aliphatic heterocycles. The van der Waals surface area contributed by atoms with E-state index in [-0.39, 0.29) is 24.4 Å². The molecule has 116 valence electrons. The summed E-state index contributed by atoms with van der Waals surface area (Å²) in [6.07, 6.45) is 5.37. The number of rotatable bonds is 6. The maximum atomic E-state index is 12.5. The average Bonchev–Trinajstić information content (AvgIpc) is 3.13. The molecule has 1 aliphatic rings. The summed E-state index contributed by atoms with van der Waals surface area (Å²) in [6, 6.07) is 0. The van der Waals surface area contributed by atoms with Gasteiger partial charge in [-0.1, -0.05) is 0 Å². The summed E-state index contributed by atoms with van der Waals surface area (Å²) in [5.41, 5.74) is 0.514. The summed E-state index contributed by atoms with van der Waals surface area (Å²) in [7, 11) is 3.10. The zero-order valence-corrected chi connectivity index (χ0v) is 12.4. The Hall–Kier alpha value is -1.89. The molecular formula is C14H21N3O4. The molecule has 0 spiro atoms. The minimum atomic E-state index is -0.327. The number of hydrogen-bond acceptors (Lipinski definition) is 5. The number of aryl methyl sites for hydroxylation is 1. The fourth-order valence-corrected chi connectivity index (χ4v) is 2.35. The summed E-state index contributed by atoms with van der Waals surface area (Å²) in [5, 5.41) is 4.01. The highest BCUT2D eigenvalue weighted by molar-refractivity contribution is 5.94. The van der Waals surface area contributed by atoms with Crippen molar-refractivity contribution >= 4 is 11.9 Å². The van der Waals surface area contributed by atoms with Gasteiger partial charge < -0.3 is 14.4 Å². The van der Waals surface area contributed by atoms with Crippen LogP contribution in [0.1, 0.15) is 29.6 Å². The van der Waals surface area contributed by atoms with Crippen molar-refractivity contribution in [2.24, 2.45) is 7.05 Å². The Balaban J connectivity index is 2.02. The van der Waals surface area contributed by atoms with E-state index in [9.17, 15) is 9.59 Å². The van der Waals surface area contributed by atoms with Gasteiger partial charge in [0.2, 0.25) is 0 Å². The van der Waals surface area contributed by atoms with Gasteiger partial charge in [0.25, 0.3) is 5.91 Å². The third-order valence-corrected chi connectivity index (χ3v) is 3.50. The second kappa shape index (κ2) is 7.21.